The number of hydrogen-bond acceptors (Lipinski definition) is 3. The lowest BCUT2D eigenvalue weighted by molar-refractivity contribution is 0.127. The van der Waals surface area contributed by atoms with Gasteiger partial charge in [0.25, 0.3) is 0 Å². The molecule has 3 heteroatoms. The van der Waals surface area contributed by atoms with Crippen molar-refractivity contribution in [1.29, 1.82) is 0 Å². The molecule has 2 aliphatic heterocycles. The Balaban J connectivity index is 1.94. The Hall–Kier alpha value is 0.270. The molecule has 94 valence electrons. The van der Waals surface area contributed by atoms with Gasteiger partial charge in [0, 0.05) is 24.4 Å². The Morgan fingerprint density at radius 3 is 3.00 bits per heavy atom. The zero-order valence-electron chi connectivity index (χ0n) is 10.6. The highest BCUT2D eigenvalue weighted by Gasteiger charge is 2.40. The largest absolute Gasteiger partial charge is 0.329 e. The normalized spacial score (nSPS) is 36.8. The third kappa shape index (κ3) is 2.57. The van der Waals surface area contributed by atoms with E-state index in [9.17, 15) is 0 Å². The molecular formula is C13H26N2S. The standard InChI is InChI=1S/C13H26N2S/c1-2-4-12-5-7-15(9-12)13(10-14)6-3-8-16-11-13/h12H,2-11,14H2,1H3. The van der Waals surface area contributed by atoms with E-state index in [0.717, 1.165) is 12.5 Å². The molecule has 2 nitrogen and oxygen atoms in total. The fraction of sp³-hybridized carbons (Fsp3) is 1.00. The van der Waals surface area contributed by atoms with Crippen LogP contribution in [0.4, 0.5) is 0 Å². The van der Waals surface area contributed by atoms with E-state index in [1.165, 1.54) is 56.7 Å². The maximum absolute atomic E-state index is 6.08. The molecule has 2 unspecified atom stereocenters. The molecule has 0 saturated carbocycles. The summed E-state index contributed by atoms with van der Waals surface area (Å²) in [7, 11) is 0. The van der Waals surface area contributed by atoms with Crippen molar-refractivity contribution in [2.75, 3.05) is 31.1 Å². The summed E-state index contributed by atoms with van der Waals surface area (Å²) < 4.78 is 0. The van der Waals surface area contributed by atoms with Crippen molar-refractivity contribution in [3.8, 4) is 0 Å². The molecule has 0 spiro atoms. The number of thioether (sulfide) groups is 1. The second kappa shape index (κ2) is 5.74. The highest BCUT2D eigenvalue weighted by Crippen LogP contribution is 2.35. The van der Waals surface area contributed by atoms with Crippen LogP contribution in [-0.2, 0) is 0 Å². The van der Waals surface area contributed by atoms with E-state index in [1.54, 1.807) is 0 Å². The second-order valence-electron chi connectivity index (χ2n) is 5.47. The molecular weight excluding hydrogens is 216 g/mol. The Morgan fingerprint density at radius 1 is 1.50 bits per heavy atom. The summed E-state index contributed by atoms with van der Waals surface area (Å²) in [6.45, 7) is 5.77. The summed E-state index contributed by atoms with van der Waals surface area (Å²) in [5.74, 6) is 3.55. The van der Waals surface area contributed by atoms with Crippen molar-refractivity contribution in [2.24, 2.45) is 11.7 Å². The van der Waals surface area contributed by atoms with Gasteiger partial charge in [0.2, 0.25) is 0 Å². The van der Waals surface area contributed by atoms with Gasteiger partial charge >= 0.3 is 0 Å². The van der Waals surface area contributed by atoms with Gasteiger partial charge in [-0.3, -0.25) is 4.90 Å². The van der Waals surface area contributed by atoms with E-state index < -0.39 is 0 Å². The van der Waals surface area contributed by atoms with Crippen molar-refractivity contribution in [3.05, 3.63) is 0 Å². The van der Waals surface area contributed by atoms with Crippen molar-refractivity contribution < 1.29 is 0 Å². The monoisotopic (exact) mass is 242 g/mol. The van der Waals surface area contributed by atoms with Crippen LogP contribution in [-0.4, -0.2) is 41.6 Å². The van der Waals surface area contributed by atoms with Gasteiger partial charge < -0.3 is 5.73 Å². The van der Waals surface area contributed by atoms with Crippen LogP contribution in [0.1, 0.15) is 39.0 Å². The summed E-state index contributed by atoms with van der Waals surface area (Å²) in [4.78, 5) is 2.72. The lowest BCUT2D eigenvalue weighted by Gasteiger charge is -2.43. The molecule has 16 heavy (non-hydrogen) atoms. The van der Waals surface area contributed by atoms with Crippen LogP contribution in [0.5, 0.6) is 0 Å². The fourth-order valence-corrected chi connectivity index (χ4v) is 4.60. The Morgan fingerprint density at radius 2 is 2.38 bits per heavy atom. The molecule has 2 aliphatic rings. The molecule has 0 aromatic carbocycles. The average Bonchev–Trinajstić information content (AvgIpc) is 2.80. The average molecular weight is 242 g/mol. The third-order valence-corrected chi connectivity index (χ3v) is 5.65. The minimum Gasteiger partial charge on any atom is -0.329 e. The van der Waals surface area contributed by atoms with Gasteiger partial charge in [0.15, 0.2) is 0 Å². The van der Waals surface area contributed by atoms with Gasteiger partial charge in [-0.15, -0.1) is 0 Å². The molecule has 2 heterocycles. The van der Waals surface area contributed by atoms with Crippen LogP contribution >= 0.6 is 11.8 Å². The van der Waals surface area contributed by atoms with Gasteiger partial charge in [-0.1, -0.05) is 13.3 Å². The third-order valence-electron chi connectivity index (χ3n) is 4.34. The van der Waals surface area contributed by atoms with Gasteiger partial charge in [0.1, 0.15) is 0 Å². The topological polar surface area (TPSA) is 29.3 Å². The maximum atomic E-state index is 6.08. The summed E-state index contributed by atoms with van der Waals surface area (Å²) in [6, 6.07) is 0. The van der Waals surface area contributed by atoms with Crippen LogP contribution in [0.15, 0.2) is 0 Å². The molecule has 2 fully saturated rings. The van der Waals surface area contributed by atoms with E-state index in [-0.39, 0.29) is 0 Å². The number of rotatable bonds is 4. The zero-order valence-corrected chi connectivity index (χ0v) is 11.4. The highest BCUT2D eigenvalue weighted by molar-refractivity contribution is 7.99. The smallest absolute Gasteiger partial charge is 0.0422 e. The highest BCUT2D eigenvalue weighted by atomic mass is 32.2. The second-order valence-corrected chi connectivity index (χ2v) is 6.58. The number of hydrogen-bond donors (Lipinski definition) is 1. The van der Waals surface area contributed by atoms with E-state index >= 15 is 0 Å². The van der Waals surface area contributed by atoms with Crippen LogP contribution in [0.25, 0.3) is 0 Å². The van der Waals surface area contributed by atoms with Gasteiger partial charge in [-0.25, -0.2) is 0 Å². The number of likely N-dealkylation sites (tertiary alicyclic amines) is 1. The van der Waals surface area contributed by atoms with E-state index in [1.807, 2.05) is 0 Å². The van der Waals surface area contributed by atoms with Crippen LogP contribution < -0.4 is 5.73 Å². The van der Waals surface area contributed by atoms with Gasteiger partial charge in [-0.05, 0) is 43.9 Å². The molecule has 2 N–H and O–H groups in total. The number of nitrogens with two attached hydrogens (primary N) is 1. The molecule has 2 saturated heterocycles. The molecule has 2 rings (SSSR count). The first-order chi connectivity index (χ1) is 7.80. The summed E-state index contributed by atoms with van der Waals surface area (Å²) >= 11 is 2.11. The minimum absolute atomic E-state index is 0.353. The van der Waals surface area contributed by atoms with Gasteiger partial charge in [-0.2, -0.15) is 11.8 Å². The van der Waals surface area contributed by atoms with Crippen LogP contribution in [0.3, 0.4) is 0 Å². The number of nitrogens with zero attached hydrogens (tertiary/aromatic N) is 1. The Kier molecular flexibility index (Phi) is 4.57. The molecule has 0 aromatic heterocycles. The van der Waals surface area contributed by atoms with E-state index in [2.05, 4.69) is 23.6 Å². The maximum Gasteiger partial charge on any atom is 0.0422 e. The van der Waals surface area contributed by atoms with Gasteiger partial charge in [0.05, 0.1) is 0 Å². The first-order valence-electron chi connectivity index (χ1n) is 6.83. The minimum atomic E-state index is 0.353. The van der Waals surface area contributed by atoms with E-state index in [4.69, 9.17) is 5.73 Å². The van der Waals surface area contributed by atoms with Crippen LogP contribution in [0, 0.1) is 5.92 Å². The quantitative estimate of drug-likeness (QED) is 0.820. The SMILES string of the molecule is CCCC1CCN(C2(CN)CCCSC2)C1. The lowest BCUT2D eigenvalue weighted by atomic mass is 9.93. The molecule has 0 aliphatic carbocycles. The molecule has 0 amide bonds. The zero-order chi connectivity index (χ0) is 11.4. The van der Waals surface area contributed by atoms with Crippen molar-refractivity contribution in [3.63, 3.8) is 0 Å². The molecule has 2 atom stereocenters. The molecule has 0 bridgehead atoms. The predicted octanol–water partition coefficient (Wildman–Crippen LogP) is 2.33. The molecule has 0 aromatic rings. The van der Waals surface area contributed by atoms with Crippen molar-refractivity contribution >= 4 is 11.8 Å². The first-order valence-corrected chi connectivity index (χ1v) is 7.99. The molecule has 0 radical (unpaired) electrons. The Bertz CT molecular complexity index is 214. The van der Waals surface area contributed by atoms with Crippen molar-refractivity contribution in [2.45, 2.75) is 44.6 Å². The summed E-state index contributed by atoms with van der Waals surface area (Å²) in [6.07, 6.45) is 6.83. The predicted molar refractivity (Wildman–Crippen MR) is 72.9 cm³/mol. The fourth-order valence-electron chi connectivity index (χ4n) is 3.28. The van der Waals surface area contributed by atoms with Crippen molar-refractivity contribution in [1.82, 2.24) is 4.90 Å². The summed E-state index contributed by atoms with van der Waals surface area (Å²) in [5, 5.41) is 0. The summed E-state index contributed by atoms with van der Waals surface area (Å²) in [5.41, 5.74) is 6.44. The lowest BCUT2D eigenvalue weighted by Crippen LogP contribution is -2.56. The van der Waals surface area contributed by atoms with Crippen LogP contribution in [0.2, 0.25) is 0 Å². The van der Waals surface area contributed by atoms with E-state index in [0.29, 0.717) is 5.54 Å². The Labute approximate surface area is 104 Å². The first kappa shape index (κ1) is 12.7.